The molecule has 2 rings (SSSR count). The van der Waals surface area contributed by atoms with Crippen LogP contribution >= 0.6 is 0 Å². The van der Waals surface area contributed by atoms with Gasteiger partial charge in [-0.05, 0) is 25.5 Å². The Balaban J connectivity index is 2.23. The molecule has 92 valence electrons. The molecule has 1 aromatic carbocycles. The Hall–Kier alpha value is -1.48. The standard InChI is InChI=1S/C14H21N3/c1-16(10-6-5-9-15)14-11-17(2)13-8-4-3-7-12(13)14/h3-4,7-8,11H,5-6,9-10,15H2,1-2H3. The number of rotatable bonds is 5. The molecule has 2 aromatic rings. The van der Waals surface area contributed by atoms with Crippen molar-refractivity contribution in [3.8, 4) is 0 Å². The lowest BCUT2D eigenvalue weighted by molar-refractivity contribution is 0.728. The van der Waals surface area contributed by atoms with E-state index in [2.05, 4.69) is 54.0 Å². The van der Waals surface area contributed by atoms with Crippen molar-refractivity contribution in [2.24, 2.45) is 12.8 Å². The first kappa shape index (κ1) is 12.0. The monoisotopic (exact) mass is 231 g/mol. The third-order valence-electron chi connectivity index (χ3n) is 3.23. The van der Waals surface area contributed by atoms with Gasteiger partial charge >= 0.3 is 0 Å². The fourth-order valence-electron chi connectivity index (χ4n) is 2.24. The summed E-state index contributed by atoms with van der Waals surface area (Å²) in [7, 11) is 4.25. The van der Waals surface area contributed by atoms with E-state index in [9.17, 15) is 0 Å². The number of aromatic nitrogens is 1. The second kappa shape index (κ2) is 5.23. The van der Waals surface area contributed by atoms with Crippen molar-refractivity contribution < 1.29 is 0 Å². The highest BCUT2D eigenvalue weighted by atomic mass is 15.1. The summed E-state index contributed by atoms with van der Waals surface area (Å²) in [5.74, 6) is 0. The summed E-state index contributed by atoms with van der Waals surface area (Å²) < 4.78 is 2.18. The minimum atomic E-state index is 0.781. The number of hydrogen-bond acceptors (Lipinski definition) is 2. The average Bonchev–Trinajstić information content (AvgIpc) is 2.68. The highest BCUT2D eigenvalue weighted by Crippen LogP contribution is 2.27. The Morgan fingerprint density at radius 2 is 2.00 bits per heavy atom. The van der Waals surface area contributed by atoms with Crippen LogP contribution in [0.25, 0.3) is 10.9 Å². The molecule has 0 aliphatic carbocycles. The Morgan fingerprint density at radius 1 is 1.24 bits per heavy atom. The van der Waals surface area contributed by atoms with E-state index in [1.54, 1.807) is 0 Å². The van der Waals surface area contributed by atoms with Gasteiger partial charge in [0, 0.05) is 37.7 Å². The van der Waals surface area contributed by atoms with Crippen molar-refractivity contribution >= 4 is 16.6 Å². The number of nitrogens with two attached hydrogens (primary N) is 1. The van der Waals surface area contributed by atoms with E-state index in [0.29, 0.717) is 0 Å². The second-order valence-corrected chi connectivity index (χ2v) is 4.56. The van der Waals surface area contributed by atoms with Crippen molar-refractivity contribution in [1.82, 2.24) is 4.57 Å². The minimum absolute atomic E-state index is 0.781. The number of benzene rings is 1. The topological polar surface area (TPSA) is 34.2 Å². The zero-order valence-electron chi connectivity index (χ0n) is 10.7. The molecule has 0 saturated heterocycles. The molecule has 0 aliphatic rings. The van der Waals surface area contributed by atoms with Gasteiger partial charge < -0.3 is 15.2 Å². The van der Waals surface area contributed by atoms with Gasteiger partial charge in [-0.15, -0.1) is 0 Å². The molecule has 0 spiro atoms. The van der Waals surface area contributed by atoms with E-state index in [0.717, 1.165) is 25.9 Å². The smallest absolute Gasteiger partial charge is 0.0623 e. The van der Waals surface area contributed by atoms with E-state index < -0.39 is 0 Å². The summed E-state index contributed by atoms with van der Waals surface area (Å²) in [5, 5.41) is 1.32. The van der Waals surface area contributed by atoms with E-state index in [1.807, 2.05) is 0 Å². The number of para-hydroxylation sites is 1. The Labute approximate surface area is 103 Å². The first-order valence-electron chi connectivity index (χ1n) is 6.19. The first-order valence-corrected chi connectivity index (χ1v) is 6.19. The predicted molar refractivity (Wildman–Crippen MR) is 74.5 cm³/mol. The molecule has 0 unspecified atom stereocenters. The van der Waals surface area contributed by atoms with Crippen molar-refractivity contribution in [2.45, 2.75) is 12.8 Å². The molecule has 0 saturated carbocycles. The van der Waals surface area contributed by atoms with Gasteiger partial charge in [-0.3, -0.25) is 0 Å². The van der Waals surface area contributed by atoms with Crippen LogP contribution in [0.2, 0.25) is 0 Å². The van der Waals surface area contributed by atoms with Crippen LogP contribution in [-0.4, -0.2) is 24.7 Å². The number of aryl methyl sites for hydroxylation is 1. The number of unbranched alkanes of at least 4 members (excludes halogenated alkanes) is 1. The van der Waals surface area contributed by atoms with Crippen LogP contribution in [-0.2, 0) is 7.05 Å². The second-order valence-electron chi connectivity index (χ2n) is 4.56. The molecule has 3 heteroatoms. The number of hydrogen-bond donors (Lipinski definition) is 1. The first-order chi connectivity index (χ1) is 8.24. The van der Waals surface area contributed by atoms with E-state index in [1.165, 1.54) is 16.6 Å². The van der Waals surface area contributed by atoms with E-state index in [-0.39, 0.29) is 0 Å². The molecule has 1 heterocycles. The molecule has 2 N–H and O–H groups in total. The summed E-state index contributed by atoms with van der Waals surface area (Å²) >= 11 is 0. The number of nitrogens with zero attached hydrogens (tertiary/aromatic N) is 2. The summed E-state index contributed by atoms with van der Waals surface area (Å²) in [5.41, 5.74) is 8.12. The molecule has 1 aromatic heterocycles. The molecule has 17 heavy (non-hydrogen) atoms. The maximum absolute atomic E-state index is 5.53. The zero-order valence-corrected chi connectivity index (χ0v) is 10.7. The molecule has 0 bridgehead atoms. The molecular weight excluding hydrogens is 210 g/mol. The van der Waals surface area contributed by atoms with Gasteiger partial charge in [-0.2, -0.15) is 0 Å². The number of fused-ring (bicyclic) bond motifs is 1. The average molecular weight is 231 g/mol. The third kappa shape index (κ3) is 2.44. The molecule has 0 amide bonds. The Morgan fingerprint density at radius 3 is 2.76 bits per heavy atom. The fraction of sp³-hybridized carbons (Fsp3) is 0.429. The van der Waals surface area contributed by atoms with E-state index >= 15 is 0 Å². The molecule has 0 radical (unpaired) electrons. The molecule has 3 nitrogen and oxygen atoms in total. The quantitative estimate of drug-likeness (QED) is 0.802. The van der Waals surface area contributed by atoms with Crippen molar-refractivity contribution in [1.29, 1.82) is 0 Å². The highest BCUT2D eigenvalue weighted by molar-refractivity contribution is 5.93. The molecule has 0 atom stereocenters. The van der Waals surface area contributed by atoms with Crippen LogP contribution in [0.4, 0.5) is 5.69 Å². The lowest BCUT2D eigenvalue weighted by atomic mass is 10.2. The maximum atomic E-state index is 5.53. The van der Waals surface area contributed by atoms with Crippen LogP contribution in [0.15, 0.2) is 30.5 Å². The van der Waals surface area contributed by atoms with Gasteiger partial charge in [-0.25, -0.2) is 0 Å². The minimum Gasteiger partial charge on any atom is -0.373 e. The van der Waals surface area contributed by atoms with Gasteiger partial charge in [-0.1, -0.05) is 18.2 Å². The van der Waals surface area contributed by atoms with Gasteiger partial charge in [0.25, 0.3) is 0 Å². The summed E-state index contributed by atoms with van der Waals surface area (Å²) in [6.07, 6.45) is 4.44. The zero-order chi connectivity index (χ0) is 12.3. The van der Waals surface area contributed by atoms with Crippen LogP contribution in [0.1, 0.15) is 12.8 Å². The van der Waals surface area contributed by atoms with Gasteiger partial charge in [0.2, 0.25) is 0 Å². The lowest BCUT2D eigenvalue weighted by Crippen LogP contribution is -2.19. The highest BCUT2D eigenvalue weighted by Gasteiger charge is 2.09. The normalized spacial score (nSPS) is 11.0. The van der Waals surface area contributed by atoms with Crippen LogP contribution in [0.3, 0.4) is 0 Å². The third-order valence-corrected chi connectivity index (χ3v) is 3.23. The van der Waals surface area contributed by atoms with Crippen molar-refractivity contribution in [3.05, 3.63) is 30.5 Å². The molecular formula is C14H21N3. The summed E-state index contributed by atoms with van der Waals surface area (Å²) in [4.78, 5) is 2.32. The Kier molecular flexibility index (Phi) is 3.69. The largest absolute Gasteiger partial charge is 0.373 e. The number of anilines is 1. The van der Waals surface area contributed by atoms with E-state index in [4.69, 9.17) is 5.73 Å². The predicted octanol–water partition coefficient (Wildman–Crippen LogP) is 2.35. The van der Waals surface area contributed by atoms with Gasteiger partial charge in [0.15, 0.2) is 0 Å². The van der Waals surface area contributed by atoms with Crippen molar-refractivity contribution in [3.63, 3.8) is 0 Å². The summed E-state index contributed by atoms with van der Waals surface area (Å²) in [6.45, 7) is 1.84. The molecule has 0 fully saturated rings. The molecule has 0 aliphatic heterocycles. The van der Waals surface area contributed by atoms with Crippen LogP contribution in [0, 0.1) is 0 Å². The lowest BCUT2D eigenvalue weighted by Gasteiger charge is -2.17. The van der Waals surface area contributed by atoms with Crippen LogP contribution in [0.5, 0.6) is 0 Å². The van der Waals surface area contributed by atoms with Gasteiger partial charge in [0.1, 0.15) is 0 Å². The summed E-state index contributed by atoms with van der Waals surface area (Å²) in [6, 6.07) is 8.52. The SMILES string of the molecule is CN(CCCCN)c1cn(C)c2ccccc12. The van der Waals surface area contributed by atoms with Gasteiger partial charge in [0.05, 0.1) is 5.69 Å². The Bertz CT molecular complexity index is 487. The van der Waals surface area contributed by atoms with Crippen LogP contribution < -0.4 is 10.6 Å². The maximum Gasteiger partial charge on any atom is 0.0623 e. The fourth-order valence-corrected chi connectivity index (χ4v) is 2.24. The van der Waals surface area contributed by atoms with Crippen molar-refractivity contribution in [2.75, 3.05) is 25.0 Å².